The van der Waals surface area contributed by atoms with Gasteiger partial charge in [-0.25, -0.2) is 0 Å². The van der Waals surface area contributed by atoms with Crippen LogP contribution in [0.4, 0.5) is 0 Å². The van der Waals surface area contributed by atoms with Crippen LogP contribution in [0.3, 0.4) is 0 Å². The van der Waals surface area contributed by atoms with Crippen LogP contribution in [0.1, 0.15) is 30.5 Å². The predicted molar refractivity (Wildman–Crippen MR) is 60.1 cm³/mol. The number of hydrogen-bond donors (Lipinski definition) is 0. The first-order valence-electron chi connectivity index (χ1n) is 4.60. The molecule has 0 bridgehead atoms. The summed E-state index contributed by atoms with van der Waals surface area (Å²) >= 11 is 6.05. The molecule has 0 radical (unpaired) electrons. The van der Waals surface area contributed by atoms with Gasteiger partial charge in [-0.2, -0.15) is 0 Å². The van der Waals surface area contributed by atoms with E-state index in [1.807, 2.05) is 13.0 Å². The van der Waals surface area contributed by atoms with Crippen LogP contribution in [-0.4, -0.2) is 0 Å². The van der Waals surface area contributed by atoms with E-state index in [9.17, 15) is 0 Å². The number of aryl methyl sites for hydroxylation is 2. The first kappa shape index (κ1) is 10.3. The molecule has 0 aliphatic carbocycles. The fourth-order valence-electron chi connectivity index (χ4n) is 1.37. The second kappa shape index (κ2) is 4.48. The molecule has 0 nitrogen and oxygen atoms in total. The van der Waals surface area contributed by atoms with E-state index in [2.05, 4.69) is 32.0 Å². The van der Waals surface area contributed by atoms with E-state index in [1.165, 1.54) is 11.1 Å². The number of allylic oxidation sites excluding steroid dienone is 1. The molecular formula is C12H15Cl. The van der Waals surface area contributed by atoms with Crippen LogP contribution in [0.15, 0.2) is 24.3 Å². The molecule has 0 heterocycles. The Hall–Kier alpha value is -0.750. The molecule has 0 saturated carbocycles. The van der Waals surface area contributed by atoms with Crippen molar-refractivity contribution >= 4 is 16.6 Å². The lowest BCUT2D eigenvalue weighted by Gasteiger charge is -2.05. The Kier molecular flexibility index (Phi) is 3.56. The average Bonchev–Trinajstić information content (AvgIpc) is 2.16. The van der Waals surface area contributed by atoms with E-state index in [0.717, 1.165) is 17.0 Å². The maximum Gasteiger partial charge on any atom is 0.0438 e. The molecule has 0 unspecified atom stereocenters. The maximum absolute atomic E-state index is 6.05. The summed E-state index contributed by atoms with van der Waals surface area (Å²) < 4.78 is 0. The van der Waals surface area contributed by atoms with Crippen molar-refractivity contribution in [3.05, 3.63) is 41.0 Å². The summed E-state index contributed by atoms with van der Waals surface area (Å²) in [7, 11) is 0. The molecule has 0 aliphatic rings. The van der Waals surface area contributed by atoms with Crippen LogP contribution in [0.25, 0.3) is 5.03 Å². The molecule has 0 amide bonds. The fraction of sp³-hybridized carbons (Fsp3) is 0.333. The minimum absolute atomic E-state index is 0.833. The Bertz CT molecular complexity index is 324. The quantitative estimate of drug-likeness (QED) is 0.664. The van der Waals surface area contributed by atoms with Gasteiger partial charge in [0.05, 0.1) is 0 Å². The van der Waals surface area contributed by atoms with Crippen LogP contribution in [0, 0.1) is 6.92 Å². The Labute approximate surface area is 85.2 Å². The topological polar surface area (TPSA) is 0 Å². The molecule has 13 heavy (non-hydrogen) atoms. The van der Waals surface area contributed by atoms with Crippen LogP contribution < -0.4 is 0 Å². The number of benzene rings is 1. The Morgan fingerprint density at radius 3 is 2.62 bits per heavy atom. The molecule has 0 aromatic heterocycles. The molecule has 0 spiro atoms. The van der Waals surface area contributed by atoms with Gasteiger partial charge in [-0.15, -0.1) is 0 Å². The summed E-state index contributed by atoms with van der Waals surface area (Å²) in [6, 6.07) is 6.42. The summed E-state index contributed by atoms with van der Waals surface area (Å²) in [5.74, 6) is 0. The summed E-state index contributed by atoms with van der Waals surface area (Å²) in [6.45, 7) is 6.21. The van der Waals surface area contributed by atoms with Crippen molar-refractivity contribution in [2.24, 2.45) is 0 Å². The third-order valence-electron chi connectivity index (χ3n) is 2.21. The Morgan fingerprint density at radius 2 is 2.15 bits per heavy atom. The zero-order chi connectivity index (χ0) is 9.84. The number of halogens is 1. The molecule has 0 aliphatic heterocycles. The minimum Gasteiger partial charge on any atom is -0.0840 e. The zero-order valence-electron chi connectivity index (χ0n) is 8.39. The predicted octanol–water partition coefficient (Wildman–Crippen LogP) is 4.16. The van der Waals surface area contributed by atoms with Gasteiger partial charge in [0, 0.05) is 5.03 Å². The lowest BCUT2D eigenvalue weighted by molar-refractivity contribution is 1.13. The molecular weight excluding hydrogens is 180 g/mol. The molecule has 1 aromatic carbocycles. The molecule has 0 N–H and O–H groups in total. The molecule has 0 atom stereocenters. The summed E-state index contributed by atoms with van der Waals surface area (Å²) in [5, 5.41) is 0.833. The van der Waals surface area contributed by atoms with Crippen LogP contribution in [0.5, 0.6) is 0 Å². The van der Waals surface area contributed by atoms with Gasteiger partial charge in [-0.1, -0.05) is 42.8 Å². The van der Waals surface area contributed by atoms with Gasteiger partial charge in [0.1, 0.15) is 0 Å². The first-order chi connectivity index (χ1) is 6.19. The van der Waals surface area contributed by atoms with E-state index in [-0.39, 0.29) is 0 Å². The summed E-state index contributed by atoms with van der Waals surface area (Å²) in [4.78, 5) is 0. The van der Waals surface area contributed by atoms with Gasteiger partial charge >= 0.3 is 0 Å². The number of hydrogen-bond acceptors (Lipinski definition) is 0. The molecule has 0 fully saturated rings. The van der Waals surface area contributed by atoms with Gasteiger partial charge in [-0.3, -0.25) is 0 Å². The normalized spacial score (nSPS) is 11.8. The Morgan fingerprint density at radius 1 is 1.46 bits per heavy atom. The van der Waals surface area contributed by atoms with Crippen molar-refractivity contribution in [2.75, 3.05) is 0 Å². The third-order valence-corrected chi connectivity index (χ3v) is 2.63. The van der Waals surface area contributed by atoms with Crippen LogP contribution in [0.2, 0.25) is 0 Å². The first-order valence-corrected chi connectivity index (χ1v) is 4.98. The van der Waals surface area contributed by atoms with E-state index < -0.39 is 0 Å². The van der Waals surface area contributed by atoms with Gasteiger partial charge in [0.15, 0.2) is 0 Å². The van der Waals surface area contributed by atoms with E-state index in [1.54, 1.807) is 0 Å². The smallest absolute Gasteiger partial charge is 0.0438 e. The van der Waals surface area contributed by atoms with Gasteiger partial charge < -0.3 is 0 Å². The van der Waals surface area contributed by atoms with Gasteiger partial charge in [0.25, 0.3) is 0 Å². The molecule has 1 aromatic rings. The summed E-state index contributed by atoms with van der Waals surface area (Å²) in [6.07, 6.45) is 3.00. The highest BCUT2D eigenvalue weighted by Crippen LogP contribution is 2.23. The van der Waals surface area contributed by atoms with E-state index in [0.29, 0.717) is 0 Å². The van der Waals surface area contributed by atoms with Gasteiger partial charge in [-0.05, 0) is 37.0 Å². The average molecular weight is 195 g/mol. The van der Waals surface area contributed by atoms with Crippen molar-refractivity contribution in [3.8, 4) is 0 Å². The van der Waals surface area contributed by atoms with E-state index in [4.69, 9.17) is 11.6 Å². The van der Waals surface area contributed by atoms with Crippen molar-refractivity contribution < 1.29 is 0 Å². The molecule has 1 rings (SSSR count). The second-order valence-corrected chi connectivity index (χ2v) is 3.55. The van der Waals surface area contributed by atoms with Crippen molar-refractivity contribution in [1.29, 1.82) is 0 Å². The third kappa shape index (κ3) is 2.35. The van der Waals surface area contributed by atoms with Gasteiger partial charge in [0.2, 0.25) is 0 Å². The van der Waals surface area contributed by atoms with Crippen LogP contribution in [-0.2, 0) is 6.42 Å². The maximum atomic E-state index is 6.05. The highest BCUT2D eigenvalue weighted by Gasteiger charge is 2.01. The summed E-state index contributed by atoms with van der Waals surface area (Å²) in [5.41, 5.74) is 3.76. The van der Waals surface area contributed by atoms with Crippen LogP contribution >= 0.6 is 11.6 Å². The lowest BCUT2D eigenvalue weighted by Crippen LogP contribution is -1.87. The SMILES string of the molecule is C/C=C(/Cl)c1ccc(CC)cc1C. The van der Waals surface area contributed by atoms with Crippen molar-refractivity contribution in [1.82, 2.24) is 0 Å². The largest absolute Gasteiger partial charge is 0.0840 e. The number of rotatable bonds is 2. The molecule has 70 valence electrons. The lowest BCUT2D eigenvalue weighted by atomic mass is 10.0. The Balaban J connectivity index is 3.12. The fourth-order valence-corrected chi connectivity index (χ4v) is 1.58. The molecule has 1 heteroatoms. The van der Waals surface area contributed by atoms with Crippen molar-refractivity contribution in [3.63, 3.8) is 0 Å². The standard InChI is InChI=1S/C12H15Cl/c1-4-10-6-7-11(9(3)8-10)12(13)5-2/h5-8H,4H2,1-3H3/b12-5+. The highest BCUT2D eigenvalue weighted by molar-refractivity contribution is 6.48. The monoisotopic (exact) mass is 194 g/mol. The second-order valence-electron chi connectivity index (χ2n) is 3.14. The van der Waals surface area contributed by atoms with E-state index >= 15 is 0 Å². The highest BCUT2D eigenvalue weighted by atomic mass is 35.5. The molecule has 0 saturated heterocycles. The van der Waals surface area contributed by atoms with Crippen molar-refractivity contribution in [2.45, 2.75) is 27.2 Å². The zero-order valence-corrected chi connectivity index (χ0v) is 9.15. The minimum atomic E-state index is 0.833.